The summed E-state index contributed by atoms with van der Waals surface area (Å²) in [5.74, 6) is -0.222. The number of amides is 1. The van der Waals surface area contributed by atoms with E-state index >= 15 is 0 Å². The molecule has 3 heterocycles. The number of piperidine rings is 1. The third-order valence-electron chi connectivity index (χ3n) is 7.61. The zero-order valence-corrected chi connectivity index (χ0v) is 22.2. The number of hydrogen-bond acceptors (Lipinski definition) is 4. The second-order valence-corrected chi connectivity index (χ2v) is 10.2. The monoisotopic (exact) mass is 530 g/mol. The lowest BCUT2D eigenvalue weighted by atomic mass is 9.95. The number of halogens is 3. The highest BCUT2D eigenvalue weighted by Crippen LogP contribution is 2.31. The average Bonchev–Trinajstić information content (AvgIpc) is 2.87. The highest BCUT2D eigenvalue weighted by molar-refractivity contribution is 5.97. The van der Waals surface area contributed by atoms with E-state index in [0.29, 0.717) is 30.6 Å². The standard InChI is InChI=1S/C29H37F3N4O2/c1-3-36(22-12-15-35(16-13-22)17-14-29(30,31)32)26-11-7-10-24-23(26)9-6-4-5-8-21-18-20(2)34-28(38)25(21)19-33-27(24)37/h4,6-7,10-11,18,22H,3,5,8-9,12-17,19H2,1-2H3,(H,33,37)(H,34,38)/b6-4-. The topological polar surface area (TPSA) is 68.4 Å². The summed E-state index contributed by atoms with van der Waals surface area (Å²) in [7, 11) is 0. The predicted octanol–water partition coefficient (Wildman–Crippen LogP) is 4.90. The molecule has 1 amide bonds. The number of pyridine rings is 1. The van der Waals surface area contributed by atoms with Gasteiger partial charge in [-0.15, -0.1) is 0 Å². The van der Waals surface area contributed by atoms with E-state index in [1.54, 1.807) is 0 Å². The van der Waals surface area contributed by atoms with Gasteiger partial charge in [-0.2, -0.15) is 13.2 Å². The number of rotatable bonds is 5. The number of hydrogen-bond donors (Lipinski definition) is 2. The lowest BCUT2D eigenvalue weighted by molar-refractivity contribution is -0.138. The summed E-state index contributed by atoms with van der Waals surface area (Å²) in [6, 6.07) is 7.91. The molecule has 0 radical (unpaired) electrons. The van der Waals surface area contributed by atoms with E-state index in [4.69, 9.17) is 0 Å². The van der Waals surface area contributed by atoms with E-state index in [1.165, 1.54) is 0 Å². The third-order valence-corrected chi connectivity index (χ3v) is 7.61. The molecule has 2 aliphatic heterocycles. The van der Waals surface area contributed by atoms with Crippen molar-refractivity contribution in [2.45, 2.75) is 71.1 Å². The molecule has 38 heavy (non-hydrogen) atoms. The van der Waals surface area contributed by atoms with Crippen molar-refractivity contribution in [2.75, 3.05) is 31.1 Å². The Hall–Kier alpha value is -3.07. The average molecular weight is 531 g/mol. The van der Waals surface area contributed by atoms with Gasteiger partial charge >= 0.3 is 6.18 Å². The minimum Gasteiger partial charge on any atom is -0.368 e. The van der Waals surface area contributed by atoms with Crippen LogP contribution in [0, 0.1) is 6.92 Å². The van der Waals surface area contributed by atoms with Gasteiger partial charge in [0.05, 0.1) is 6.42 Å². The number of allylic oxidation sites excluding steroid dienone is 2. The van der Waals surface area contributed by atoms with Crippen LogP contribution in [0.2, 0.25) is 0 Å². The fourth-order valence-electron chi connectivity index (χ4n) is 5.66. The van der Waals surface area contributed by atoms with Crippen LogP contribution < -0.4 is 15.8 Å². The summed E-state index contributed by atoms with van der Waals surface area (Å²) >= 11 is 0. The number of benzene rings is 1. The number of carbonyl (C=O) groups excluding carboxylic acids is 1. The van der Waals surface area contributed by atoms with Crippen molar-refractivity contribution in [2.24, 2.45) is 0 Å². The number of carbonyl (C=O) groups is 1. The first kappa shape index (κ1) is 28.0. The molecule has 1 aromatic heterocycles. The number of aromatic amines is 1. The molecule has 1 aromatic carbocycles. The summed E-state index contributed by atoms with van der Waals surface area (Å²) in [5, 5.41) is 2.97. The van der Waals surface area contributed by atoms with Crippen LogP contribution in [0.4, 0.5) is 18.9 Å². The van der Waals surface area contributed by atoms with Crippen molar-refractivity contribution in [3.05, 3.63) is 74.7 Å². The van der Waals surface area contributed by atoms with Crippen LogP contribution in [0.1, 0.15) is 65.3 Å². The molecule has 6 nitrogen and oxygen atoms in total. The van der Waals surface area contributed by atoms with E-state index in [2.05, 4.69) is 34.3 Å². The predicted molar refractivity (Wildman–Crippen MR) is 144 cm³/mol. The molecule has 2 aromatic rings. The van der Waals surface area contributed by atoms with E-state index < -0.39 is 12.6 Å². The van der Waals surface area contributed by atoms with Crippen molar-refractivity contribution < 1.29 is 18.0 Å². The third kappa shape index (κ3) is 6.87. The Morgan fingerprint density at radius 2 is 1.87 bits per heavy atom. The lowest BCUT2D eigenvalue weighted by Crippen LogP contribution is -2.46. The number of alkyl halides is 3. The van der Waals surface area contributed by atoms with Gasteiger partial charge in [-0.05, 0) is 75.3 Å². The normalized spacial score (nSPS) is 18.5. The first-order valence-corrected chi connectivity index (χ1v) is 13.5. The van der Waals surface area contributed by atoms with Gasteiger partial charge in [0.15, 0.2) is 0 Å². The number of nitrogens with zero attached hydrogens (tertiary/aromatic N) is 2. The quantitative estimate of drug-likeness (QED) is 0.540. The van der Waals surface area contributed by atoms with Gasteiger partial charge in [0, 0.05) is 61.3 Å². The molecule has 2 aliphatic rings. The highest BCUT2D eigenvalue weighted by Gasteiger charge is 2.31. The van der Waals surface area contributed by atoms with Crippen LogP contribution in [0.5, 0.6) is 0 Å². The number of nitrogens with one attached hydrogen (secondary N) is 2. The fourth-order valence-corrected chi connectivity index (χ4v) is 5.66. The second kappa shape index (κ2) is 12.2. The van der Waals surface area contributed by atoms with Gasteiger partial charge in [-0.1, -0.05) is 18.2 Å². The molecule has 0 unspecified atom stereocenters. The van der Waals surface area contributed by atoms with Crippen LogP contribution in [0.3, 0.4) is 0 Å². The van der Waals surface area contributed by atoms with Gasteiger partial charge in [0.2, 0.25) is 0 Å². The number of aryl methyl sites for hydroxylation is 2. The van der Waals surface area contributed by atoms with Gasteiger partial charge in [0.25, 0.3) is 11.5 Å². The Morgan fingerprint density at radius 1 is 1.11 bits per heavy atom. The van der Waals surface area contributed by atoms with Gasteiger partial charge in [0.1, 0.15) is 0 Å². The minimum absolute atomic E-state index is 0.0412. The molecule has 1 saturated heterocycles. The molecule has 2 N–H and O–H groups in total. The van der Waals surface area contributed by atoms with Crippen molar-refractivity contribution in [1.29, 1.82) is 0 Å². The molecule has 9 heteroatoms. The Balaban J connectivity index is 1.56. The number of fused-ring (bicyclic) bond motifs is 2. The SMILES string of the molecule is CCN(c1cccc2c1C/C=C\CCc1cc(C)[nH]c(=O)c1CNC2=O)C1CCN(CCC(F)(F)F)CC1. The molecule has 0 atom stereocenters. The number of H-pyrrole nitrogens is 1. The summed E-state index contributed by atoms with van der Waals surface area (Å²) in [6.07, 6.45) is 2.93. The zero-order valence-electron chi connectivity index (χ0n) is 22.2. The Labute approximate surface area is 221 Å². The van der Waals surface area contributed by atoms with Gasteiger partial charge in [-0.25, -0.2) is 0 Å². The van der Waals surface area contributed by atoms with Crippen LogP contribution in [-0.4, -0.2) is 54.2 Å². The smallest absolute Gasteiger partial charge is 0.368 e. The first-order chi connectivity index (χ1) is 18.2. The summed E-state index contributed by atoms with van der Waals surface area (Å²) in [4.78, 5) is 33.0. The summed E-state index contributed by atoms with van der Waals surface area (Å²) in [5.41, 5.74) is 4.67. The van der Waals surface area contributed by atoms with E-state index in [0.717, 1.165) is 54.7 Å². The Bertz CT molecular complexity index is 1210. The van der Waals surface area contributed by atoms with Crippen LogP contribution in [0.15, 0.2) is 41.2 Å². The Kier molecular flexibility index (Phi) is 8.97. The molecule has 0 aliphatic carbocycles. The number of likely N-dealkylation sites (tertiary alicyclic amines) is 1. The molecule has 0 saturated carbocycles. The van der Waals surface area contributed by atoms with Crippen molar-refractivity contribution in [1.82, 2.24) is 15.2 Å². The molecular formula is C29H37F3N4O2. The van der Waals surface area contributed by atoms with E-state index in [-0.39, 0.29) is 30.6 Å². The number of aromatic nitrogens is 1. The molecule has 206 valence electrons. The lowest BCUT2D eigenvalue weighted by Gasteiger charge is -2.40. The largest absolute Gasteiger partial charge is 0.390 e. The minimum atomic E-state index is -4.13. The molecule has 0 bridgehead atoms. The first-order valence-electron chi connectivity index (χ1n) is 13.5. The maximum absolute atomic E-state index is 13.4. The van der Waals surface area contributed by atoms with Crippen LogP contribution in [0.25, 0.3) is 0 Å². The number of anilines is 1. The zero-order chi connectivity index (χ0) is 27.3. The molecule has 1 fully saturated rings. The van der Waals surface area contributed by atoms with Gasteiger partial charge in [-0.3, -0.25) is 9.59 Å². The van der Waals surface area contributed by atoms with Crippen molar-refractivity contribution in [3.63, 3.8) is 0 Å². The maximum atomic E-state index is 13.4. The van der Waals surface area contributed by atoms with E-state index in [1.807, 2.05) is 36.1 Å². The molecular weight excluding hydrogens is 493 g/mol. The molecule has 4 rings (SSSR count). The maximum Gasteiger partial charge on any atom is 0.390 e. The van der Waals surface area contributed by atoms with Crippen LogP contribution in [-0.2, 0) is 19.4 Å². The fraction of sp³-hybridized carbons (Fsp3) is 0.517. The second-order valence-electron chi connectivity index (χ2n) is 10.2. The summed E-state index contributed by atoms with van der Waals surface area (Å²) < 4.78 is 38.0. The van der Waals surface area contributed by atoms with Crippen molar-refractivity contribution >= 4 is 11.6 Å². The van der Waals surface area contributed by atoms with Crippen LogP contribution >= 0.6 is 0 Å². The van der Waals surface area contributed by atoms with E-state index in [9.17, 15) is 22.8 Å². The summed E-state index contributed by atoms with van der Waals surface area (Å²) in [6.45, 7) is 6.11. The highest BCUT2D eigenvalue weighted by atomic mass is 19.4. The van der Waals surface area contributed by atoms with Crippen molar-refractivity contribution in [3.8, 4) is 0 Å². The van der Waals surface area contributed by atoms with Gasteiger partial charge < -0.3 is 20.1 Å². The molecule has 0 spiro atoms. The Morgan fingerprint density at radius 3 is 2.58 bits per heavy atom.